The van der Waals surface area contributed by atoms with E-state index in [2.05, 4.69) is 5.32 Å². The number of esters is 1. The van der Waals surface area contributed by atoms with Crippen LogP contribution in [0.2, 0.25) is 0 Å². The van der Waals surface area contributed by atoms with Crippen molar-refractivity contribution in [3.8, 4) is 11.5 Å². The number of methoxy groups -OCH3 is 2. The fourth-order valence-electron chi connectivity index (χ4n) is 1.79. The molecule has 106 valence electrons. The number of ether oxygens (including phenoxy) is 2. The molecule has 0 aliphatic carbocycles. The minimum absolute atomic E-state index is 0.0842. The summed E-state index contributed by atoms with van der Waals surface area (Å²) in [5.41, 5.74) is 0.868. The van der Waals surface area contributed by atoms with Crippen molar-refractivity contribution in [2.45, 2.75) is 26.4 Å². The van der Waals surface area contributed by atoms with Crippen molar-refractivity contribution in [3.63, 3.8) is 0 Å². The summed E-state index contributed by atoms with van der Waals surface area (Å²) < 4.78 is 9.73. The van der Waals surface area contributed by atoms with Crippen molar-refractivity contribution in [1.82, 2.24) is 5.32 Å². The molecule has 0 radical (unpaired) electrons. The van der Waals surface area contributed by atoms with Crippen LogP contribution in [-0.2, 0) is 16.1 Å². The van der Waals surface area contributed by atoms with Gasteiger partial charge in [-0.1, -0.05) is 19.9 Å². The Labute approximate surface area is 113 Å². The molecule has 0 bridgehead atoms. The smallest absolute Gasteiger partial charge is 0.323 e. The first-order valence-corrected chi connectivity index (χ1v) is 6.16. The summed E-state index contributed by atoms with van der Waals surface area (Å²) in [7, 11) is 2.87. The summed E-state index contributed by atoms with van der Waals surface area (Å²) in [6.45, 7) is 4.36. The second-order valence-electron chi connectivity index (χ2n) is 4.63. The molecule has 19 heavy (non-hydrogen) atoms. The van der Waals surface area contributed by atoms with Crippen LogP contribution in [0.1, 0.15) is 19.4 Å². The van der Waals surface area contributed by atoms with Crippen molar-refractivity contribution >= 4 is 5.97 Å². The molecule has 0 heterocycles. The van der Waals surface area contributed by atoms with Gasteiger partial charge < -0.3 is 19.9 Å². The van der Waals surface area contributed by atoms with E-state index < -0.39 is 0 Å². The summed E-state index contributed by atoms with van der Waals surface area (Å²) >= 11 is 0. The maximum absolute atomic E-state index is 11.6. The van der Waals surface area contributed by atoms with Gasteiger partial charge in [0.2, 0.25) is 0 Å². The van der Waals surface area contributed by atoms with E-state index in [4.69, 9.17) is 9.47 Å². The number of phenols is 1. The third-order valence-corrected chi connectivity index (χ3v) is 2.89. The molecule has 1 aromatic carbocycles. The molecule has 5 heteroatoms. The lowest BCUT2D eigenvalue weighted by atomic mass is 10.0. The van der Waals surface area contributed by atoms with Gasteiger partial charge in [0.1, 0.15) is 6.04 Å². The Kier molecular flexibility index (Phi) is 5.63. The van der Waals surface area contributed by atoms with Gasteiger partial charge in [0.25, 0.3) is 0 Å². The monoisotopic (exact) mass is 267 g/mol. The molecule has 1 rings (SSSR count). The molecule has 0 aromatic heterocycles. The zero-order chi connectivity index (χ0) is 14.4. The number of carbonyl (C=O) groups excluding carboxylic acids is 1. The van der Waals surface area contributed by atoms with E-state index in [1.807, 2.05) is 19.9 Å². The standard InChI is InChI=1S/C14H21NO4/c1-9(2)13(14(17)19-4)15-8-10-5-6-12(18-3)11(16)7-10/h5-7,9,13,15-16H,8H2,1-4H3. The topological polar surface area (TPSA) is 67.8 Å². The third kappa shape index (κ3) is 4.13. The molecule has 5 nitrogen and oxygen atoms in total. The number of hydrogen-bond donors (Lipinski definition) is 2. The van der Waals surface area contributed by atoms with E-state index >= 15 is 0 Å². The normalized spacial score (nSPS) is 12.3. The lowest BCUT2D eigenvalue weighted by Crippen LogP contribution is -2.41. The van der Waals surface area contributed by atoms with E-state index in [0.29, 0.717) is 12.3 Å². The zero-order valence-electron chi connectivity index (χ0n) is 11.8. The first-order chi connectivity index (χ1) is 8.99. The number of carbonyl (C=O) groups is 1. The van der Waals surface area contributed by atoms with E-state index in [0.717, 1.165) is 5.56 Å². The van der Waals surface area contributed by atoms with Crippen LogP contribution in [0, 0.1) is 5.92 Å². The molecule has 1 aromatic rings. The first-order valence-electron chi connectivity index (χ1n) is 6.16. The molecule has 1 atom stereocenters. The Hall–Kier alpha value is -1.75. The van der Waals surface area contributed by atoms with E-state index in [9.17, 15) is 9.90 Å². The molecule has 0 fully saturated rings. The molecule has 1 unspecified atom stereocenters. The van der Waals surface area contributed by atoms with E-state index in [-0.39, 0.29) is 23.7 Å². The first kappa shape index (κ1) is 15.3. The number of aromatic hydroxyl groups is 1. The molecule has 0 amide bonds. The van der Waals surface area contributed by atoms with Gasteiger partial charge in [-0.15, -0.1) is 0 Å². The Morgan fingerprint density at radius 2 is 2.05 bits per heavy atom. The van der Waals surface area contributed by atoms with Gasteiger partial charge in [0, 0.05) is 6.54 Å². The van der Waals surface area contributed by atoms with Crippen molar-refractivity contribution < 1.29 is 19.4 Å². The van der Waals surface area contributed by atoms with Gasteiger partial charge >= 0.3 is 5.97 Å². The molecular formula is C14H21NO4. The number of phenolic OH excluding ortho intramolecular Hbond substituents is 1. The average Bonchev–Trinajstić information content (AvgIpc) is 2.38. The molecule has 0 aliphatic heterocycles. The highest BCUT2D eigenvalue weighted by Crippen LogP contribution is 2.26. The molecule has 0 aliphatic rings. The van der Waals surface area contributed by atoms with Crippen LogP contribution in [0.25, 0.3) is 0 Å². The Morgan fingerprint density at radius 1 is 1.37 bits per heavy atom. The minimum Gasteiger partial charge on any atom is -0.504 e. The van der Waals surface area contributed by atoms with E-state index in [1.165, 1.54) is 14.2 Å². The van der Waals surface area contributed by atoms with Gasteiger partial charge in [-0.3, -0.25) is 4.79 Å². The lowest BCUT2D eigenvalue weighted by Gasteiger charge is -2.20. The summed E-state index contributed by atoms with van der Waals surface area (Å²) in [6, 6.07) is 4.77. The minimum atomic E-state index is -0.366. The average molecular weight is 267 g/mol. The fraction of sp³-hybridized carbons (Fsp3) is 0.500. The number of hydrogen-bond acceptors (Lipinski definition) is 5. The molecule has 0 saturated carbocycles. The fourth-order valence-corrected chi connectivity index (χ4v) is 1.79. The summed E-state index contributed by atoms with van der Waals surface area (Å²) in [4.78, 5) is 11.6. The highest BCUT2D eigenvalue weighted by Gasteiger charge is 2.22. The van der Waals surface area contributed by atoms with Crippen molar-refractivity contribution in [2.75, 3.05) is 14.2 Å². The lowest BCUT2D eigenvalue weighted by molar-refractivity contribution is -0.144. The largest absolute Gasteiger partial charge is 0.504 e. The van der Waals surface area contributed by atoms with Crippen LogP contribution in [-0.4, -0.2) is 31.3 Å². The van der Waals surface area contributed by atoms with Gasteiger partial charge in [-0.2, -0.15) is 0 Å². The van der Waals surface area contributed by atoms with Crippen LogP contribution < -0.4 is 10.1 Å². The number of benzene rings is 1. The molecule has 0 saturated heterocycles. The van der Waals surface area contributed by atoms with Crippen molar-refractivity contribution in [1.29, 1.82) is 0 Å². The van der Waals surface area contributed by atoms with E-state index in [1.54, 1.807) is 12.1 Å². The highest BCUT2D eigenvalue weighted by molar-refractivity contribution is 5.75. The van der Waals surface area contributed by atoms with Crippen molar-refractivity contribution in [2.24, 2.45) is 5.92 Å². The summed E-state index contributed by atoms with van der Waals surface area (Å²) in [5, 5.41) is 12.8. The van der Waals surface area contributed by atoms with Crippen LogP contribution in [0.3, 0.4) is 0 Å². The quantitative estimate of drug-likeness (QED) is 0.768. The third-order valence-electron chi connectivity index (χ3n) is 2.89. The predicted octanol–water partition coefficient (Wildman–Crippen LogP) is 1.69. The van der Waals surface area contributed by atoms with Crippen molar-refractivity contribution in [3.05, 3.63) is 23.8 Å². The predicted molar refractivity (Wildman–Crippen MR) is 72.1 cm³/mol. The zero-order valence-corrected chi connectivity index (χ0v) is 11.8. The summed E-state index contributed by atoms with van der Waals surface area (Å²) in [5.74, 6) is 0.352. The van der Waals surface area contributed by atoms with Gasteiger partial charge in [-0.25, -0.2) is 0 Å². The highest BCUT2D eigenvalue weighted by atomic mass is 16.5. The van der Waals surface area contributed by atoms with Crippen LogP contribution >= 0.6 is 0 Å². The number of nitrogens with one attached hydrogen (secondary N) is 1. The Balaban J connectivity index is 2.69. The van der Waals surface area contributed by atoms with Crippen LogP contribution in [0.4, 0.5) is 0 Å². The van der Waals surface area contributed by atoms with Gasteiger partial charge in [0.15, 0.2) is 11.5 Å². The maximum atomic E-state index is 11.6. The van der Waals surface area contributed by atoms with Gasteiger partial charge in [0.05, 0.1) is 14.2 Å². The van der Waals surface area contributed by atoms with Gasteiger partial charge in [-0.05, 0) is 23.6 Å². The number of rotatable bonds is 6. The van der Waals surface area contributed by atoms with Crippen LogP contribution in [0.15, 0.2) is 18.2 Å². The summed E-state index contributed by atoms with van der Waals surface area (Å²) in [6.07, 6.45) is 0. The maximum Gasteiger partial charge on any atom is 0.323 e. The Morgan fingerprint density at radius 3 is 2.53 bits per heavy atom. The second-order valence-corrected chi connectivity index (χ2v) is 4.63. The molecule has 0 spiro atoms. The van der Waals surface area contributed by atoms with Crippen LogP contribution in [0.5, 0.6) is 11.5 Å². The Bertz CT molecular complexity index is 431. The second kappa shape index (κ2) is 6.99. The SMILES string of the molecule is COC(=O)C(NCc1ccc(OC)c(O)c1)C(C)C. The molecular weight excluding hydrogens is 246 g/mol. The molecule has 2 N–H and O–H groups in total.